The third-order valence-corrected chi connectivity index (χ3v) is 8.46. The highest BCUT2D eigenvalue weighted by Gasteiger charge is 2.42. The van der Waals surface area contributed by atoms with Gasteiger partial charge in [-0.25, -0.2) is 0 Å². The lowest BCUT2D eigenvalue weighted by Crippen LogP contribution is -2.45. The van der Waals surface area contributed by atoms with Gasteiger partial charge in [-0.15, -0.1) is 0 Å². The number of aliphatic hydroxyl groups is 2. The third-order valence-electron chi connectivity index (χ3n) is 8.46. The topological polar surface area (TPSA) is 106 Å². The van der Waals surface area contributed by atoms with Gasteiger partial charge < -0.3 is 24.8 Å². The minimum Gasteiger partial charge on any atom is -0.462 e. The number of nitrogens with zero attached hydrogens (tertiary/aromatic N) is 2. The van der Waals surface area contributed by atoms with Crippen molar-refractivity contribution >= 4 is 22.8 Å². The molecule has 8 nitrogen and oxygen atoms in total. The number of aromatic amines is 1. The minimum absolute atomic E-state index is 0.101. The highest BCUT2D eigenvalue weighted by atomic mass is 16.5. The zero-order valence-electron chi connectivity index (χ0n) is 22.4. The molecular weight excluding hydrogens is 494 g/mol. The number of para-hydroxylation sites is 1. The normalized spacial score (nSPS) is 23.5. The van der Waals surface area contributed by atoms with Gasteiger partial charge in [0.15, 0.2) is 0 Å². The summed E-state index contributed by atoms with van der Waals surface area (Å²) >= 11 is 0. The van der Waals surface area contributed by atoms with Crippen LogP contribution in [0.3, 0.4) is 0 Å². The molecule has 1 aromatic heterocycles. The summed E-state index contributed by atoms with van der Waals surface area (Å²) in [7, 11) is 0. The fourth-order valence-electron chi connectivity index (χ4n) is 5.96. The summed E-state index contributed by atoms with van der Waals surface area (Å²) in [6, 6.07) is 17.9. The summed E-state index contributed by atoms with van der Waals surface area (Å²) in [5.74, 6) is -0.380. The van der Waals surface area contributed by atoms with Gasteiger partial charge in [-0.05, 0) is 62.9 Å². The number of fused-ring (bicyclic) bond motifs is 1. The molecule has 0 unspecified atom stereocenters. The SMILES string of the molecule is O=C(c1cccc2cc[nH]c12)N1CCCCC2(CCN(Cc3ccccc3)CC2)C(=O)OC[C@@H](O)[C@@H](O)CC1. The van der Waals surface area contributed by atoms with Crippen molar-refractivity contribution in [3.05, 3.63) is 71.9 Å². The van der Waals surface area contributed by atoms with E-state index in [2.05, 4.69) is 22.0 Å². The van der Waals surface area contributed by atoms with E-state index in [0.29, 0.717) is 37.9 Å². The lowest BCUT2D eigenvalue weighted by molar-refractivity contribution is -0.165. The van der Waals surface area contributed by atoms with E-state index >= 15 is 0 Å². The summed E-state index contributed by atoms with van der Waals surface area (Å²) in [6.45, 7) is 3.01. The molecule has 0 radical (unpaired) electrons. The molecule has 208 valence electrons. The molecule has 8 heteroatoms. The minimum atomic E-state index is -1.20. The average molecular weight is 534 g/mol. The predicted octanol–water partition coefficient (Wildman–Crippen LogP) is 3.73. The number of hydrogen-bond acceptors (Lipinski definition) is 6. The van der Waals surface area contributed by atoms with Crippen LogP contribution in [0.4, 0.5) is 0 Å². The van der Waals surface area contributed by atoms with Crippen molar-refractivity contribution in [2.24, 2.45) is 5.41 Å². The zero-order chi connectivity index (χ0) is 27.2. The van der Waals surface area contributed by atoms with E-state index in [1.165, 1.54) is 5.56 Å². The number of ether oxygens (including phenoxy) is 1. The number of rotatable bonds is 3. The summed E-state index contributed by atoms with van der Waals surface area (Å²) in [6.07, 6.45) is 3.31. The van der Waals surface area contributed by atoms with Gasteiger partial charge in [0, 0.05) is 31.2 Å². The number of benzene rings is 2. The van der Waals surface area contributed by atoms with E-state index in [1.54, 1.807) is 4.90 Å². The first-order valence-corrected chi connectivity index (χ1v) is 14.1. The molecule has 2 fully saturated rings. The van der Waals surface area contributed by atoms with Crippen LogP contribution in [-0.4, -0.2) is 81.9 Å². The fourth-order valence-corrected chi connectivity index (χ4v) is 5.96. The van der Waals surface area contributed by atoms with E-state index in [-0.39, 0.29) is 24.9 Å². The molecule has 0 bridgehead atoms. The molecule has 1 amide bonds. The largest absolute Gasteiger partial charge is 0.462 e. The number of amides is 1. The van der Waals surface area contributed by atoms with Crippen molar-refractivity contribution in [3.63, 3.8) is 0 Å². The first kappa shape index (κ1) is 27.4. The van der Waals surface area contributed by atoms with Crippen LogP contribution < -0.4 is 0 Å². The first-order valence-electron chi connectivity index (χ1n) is 14.1. The molecule has 3 heterocycles. The Labute approximate surface area is 229 Å². The second-order valence-electron chi connectivity index (χ2n) is 11.1. The number of piperidine rings is 1. The Hall–Kier alpha value is -3.20. The van der Waals surface area contributed by atoms with Gasteiger partial charge in [0.2, 0.25) is 0 Å². The second-order valence-corrected chi connectivity index (χ2v) is 11.1. The smallest absolute Gasteiger partial charge is 0.312 e. The molecule has 39 heavy (non-hydrogen) atoms. The van der Waals surface area contributed by atoms with Crippen LogP contribution in [-0.2, 0) is 16.1 Å². The average Bonchev–Trinajstić information content (AvgIpc) is 3.45. The van der Waals surface area contributed by atoms with Crippen LogP contribution >= 0.6 is 0 Å². The van der Waals surface area contributed by atoms with Gasteiger partial charge in [0.25, 0.3) is 5.91 Å². The summed E-state index contributed by atoms with van der Waals surface area (Å²) in [5, 5.41) is 22.1. The van der Waals surface area contributed by atoms with E-state index in [0.717, 1.165) is 43.4 Å². The van der Waals surface area contributed by atoms with Gasteiger partial charge in [-0.2, -0.15) is 0 Å². The molecule has 2 aliphatic rings. The molecule has 2 aliphatic heterocycles. The van der Waals surface area contributed by atoms with E-state index in [9.17, 15) is 19.8 Å². The van der Waals surface area contributed by atoms with Crippen molar-refractivity contribution < 1.29 is 24.5 Å². The summed E-state index contributed by atoms with van der Waals surface area (Å²) in [4.78, 5) is 34.3. The van der Waals surface area contributed by atoms with Gasteiger partial charge in [0.05, 0.1) is 22.6 Å². The van der Waals surface area contributed by atoms with Crippen LogP contribution in [0.25, 0.3) is 10.9 Å². The van der Waals surface area contributed by atoms with E-state index < -0.39 is 17.6 Å². The van der Waals surface area contributed by atoms with Crippen LogP contribution in [0.1, 0.15) is 54.4 Å². The van der Waals surface area contributed by atoms with Gasteiger partial charge >= 0.3 is 5.97 Å². The molecule has 0 aliphatic carbocycles. The van der Waals surface area contributed by atoms with Crippen molar-refractivity contribution in [1.82, 2.24) is 14.8 Å². The number of nitrogens with one attached hydrogen (secondary N) is 1. The maximum Gasteiger partial charge on any atom is 0.312 e. The standard InChI is InChI=1S/C31H39N3O5/c35-26-12-18-34(29(37)25-10-6-9-24-11-16-32-28(24)25)17-5-4-13-31(30(38)39-22-27(26)36)14-19-33(20-15-31)21-23-7-2-1-3-8-23/h1-3,6-11,16,26-27,32,35-36H,4-5,12-15,17-22H2/t26-,27+/m0/s1. The molecule has 2 aromatic carbocycles. The number of carbonyl (C=O) groups is 2. The molecule has 2 saturated heterocycles. The molecule has 2 atom stereocenters. The lowest BCUT2D eigenvalue weighted by Gasteiger charge is -2.40. The van der Waals surface area contributed by atoms with Crippen LogP contribution in [0.2, 0.25) is 0 Å². The molecule has 1 spiro atoms. The predicted molar refractivity (Wildman–Crippen MR) is 149 cm³/mol. The van der Waals surface area contributed by atoms with E-state index in [1.807, 2.05) is 48.7 Å². The Kier molecular flexibility index (Phi) is 8.65. The van der Waals surface area contributed by atoms with Gasteiger partial charge in [-0.1, -0.05) is 48.9 Å². The van der Waals surface area contributed by atoms with Crippen LogP contribution in [0.5, 0.6) is 0 Å². The number of cyclic esters (lactones) is 1. The van der Waals surface area contributed by atoms with Crippen LogP contribution in [0.15, 0.2) is 60.8 Å². The van der Waals surface area contributed by atoms with Crippen molar-refractivity contribution in [2.75, 3.05) is 32.8 Å². The number of aliphatic hydroxyl groups excluding tert-OH is 2. The molecule has 5 rings (SSSR count). The number of esters is 1. The number of hydrogen-bond donors (Lipinski definition) is 3. The maximum atomic E-state index is 13.6. The molecule has 3 N–H and O–H groups in total. The quantitative estimate of drug-likeness (QED) is 0.443. The maximum absolute atomic E-state index is 13.6. The molecular formula is C31H39N3O5. The Morgan fingerprint density at radius 3 is 2.51 bits per heavy atom. The van der Waals surface area contributed by atoms with Gasteiger partial charge in [0.1, 0.15) is 12.7 Å². The monoisotopic (exact) mass is 533 g/mol. The number of carbonyl (C=O) groups excluding carboxylic acids is 2. The van der Waals surface area contributed by atoms with Crippen LogP contribution in [0, 0.1) is 5.41 Å². The summed E-state index contributed by atoms with van der Waals surface area (Å²) < 4.78 is 5.62. The zero-order valence-corrected chi connectivity index (χ0v) is 22.4. The third kappa shape index (κ3) is 6.35. The number of likely N-dealkylation sites (tertiary alicyclic amines) is 1. The Morgan fingerprint density at radius 1 is 0.923 bits per heavy atom. The van der Waals surface area contributed by atoms with Gasteiger partial charge in [-0.3, -0.25) is 14.5 Å². The summed E-state index contributed by atoms with van der Waals surface area (Å²) in [5.41, 5.74) is 2.03. The van der Waals surface area contributed by atoms with E-state index in [4.69, 9.17) is 4.74 Å². The second kappa shape index (κ2) is 12.3. The Bertz CT molecular complexity index is 1250. The molecule has 0 saturated carbocycles. The molecule has 3 aromatic rings. The van der Waals surface area contributed by atoms with Crippen molar-refractivity contribution in [2.45, 2.75) is 57.3 Å². The first-order chi connectivity index (χ1) is 18.9. The Morgan fingerprint density at radius 2 is 1.72 bits per heavy atom. The number of aromatic nitrogens is 1. The fraction of sp³-hybridized carbons (Fsp3) is 0.484. The Balaban J connectivity index is 1.28. The highest BCUT2D eigenvalue weighted by molar-refractivity contribution is 6.05. The lowest BCUT2D eigenvalue weighted by atomic mass is 9.74. The highest BCUT2D eigenvalue weighted by Crippen LogP contribution is 2.39. The van der Waals surface area contributed by atoms with Crippen molar-refractivity contribution in [3.8, 4) is 0 Å². The number of H-pyrrole nitrogens is 1. The van der Waals surface area contributed by atoms with Crippen molar-refractivity contribution in [1.29, 1.82) is 0 Å².